The number of hydrogen-bond donors (Lipinski definition) is 1. The summed E-state index contributed by atoms with van der Waals surface area (Å²) in [7, 11) is -0.235. The number of aromatic nitrogens is 2. The highest BCUT2D eigenvalue weighted by Crippen LogP contribution is 2.14. The van der Waals surface area contributed by atoms with Crippen molar-refractivity contribution >= 4 is 24.9 Å². The van der Waals surface area contributed by atoms with Gasteiger partial charge >= 0.3 is 5.97 Å². The zero-order chi connectivity index (χ0) is 16.3. The van der Waals surface area contributed by atoms with Crippen LogP contribution in [0, 0.1) is 11.5 Å². The van der Waals surface area contributed by atoms with Crippen LogP contribution in [0.25, 0.3) is 10.9 Å². The standard InChI is InChI=1S/C16H18N2O3Si/c1-21-15(19)10-11-9-12-13(6-8-22(2,3)4)17-7-5-14(12)18-16(11)20/h5,7,9H,10H2,1-4H3,(H,18,20). The van der Waals surface area contributed by atoms with Gasteiger partial charge in [-0.05, 0) is 12.1 Å². The van der Waals surface area contributed by atoms with Gasteiger partial charge in [0.05, 0.1) is 19.0 Å². The third-order valence-electron chi connectivity index (χ3n) is 2.97. The molecule has 0 atom stereocenters. The Kier molecular flexibility index (Phi) is 4.47. The monoisotopic (exact) mass is 314 g/mol. The van der Waals surface area contributed by atoms with Crippen molar-refractivity contribution in [3.63, 3.8) is 0 Å². The fraction of sp³-hybridized carbons (Fsp3) is 0.312. The first-order valence-corrected chi connectivity index (χ1v) is 10.4. The maximum Gasteiger partial charge on any atom is 0.310 e. The Labute approximate surface area is 129 Å². The number of nitrogens with one attached hydrogen (secondary N) is 1. The van der Waals surface area contributed by atoms with E-state index in [9.17, 15) is 9.59 Å². The summed E-state index contributed by atoms with van der Waals surface area (Å²) in [5.74, 6) is 2.65. The molecule has 0 spiro atoms. The number of pyridine rings is 2. The van der Waals surface area contributed by atoms with Gasteiger partial charge in [0.25, 0.3) is 5.56 Å². The van der Waals surface area contributed by atoms with Crippen molar-refractivity contribution in [3.05, 3.63) is 39.9 Å². The van der Waals surface area contributed by atoms with E-state index >= 15 is 0 Å². The average molecular weight is 314 g/mol. The van der Waals surface area contributed by atoms with E-state index in [0.29, 0.717) is 16.8 Å². The van der Waals surface area contributed by atoms with Crippen molar-refractivity contribution in [3.8, 4) is 11.5 Å². The Balaban J connectivity index is 2.59. The summed E-state index contributed by atoms with van der Waals surface area (Å²) < 4.78 is 4.61. The molecule has 0 saturated heterocycles. The minimum absolute atomic E-state index is 0.0719. The number of esters is 1. The summed E-state index contributed by atoms with van der Waals surface area (Å²) in [6.07, 6.45) is 1.55. The second kappa shape index (κ2) is 6.16. The van der Waals surface area contributed by atoms with Gasteiger partial charge in [-0.25, -0.2) is 4.98 Å². The fourth-order valence-electron chi connectivity index (χ4n) is 1.88. The van der Waals surface area contributed by atoms with Crippen LogP contribution in [0.1, 0.15) is 11.3 Å². The number of carbonyl (C=O) groups excluding carboxylic acids is 1. The molecule has 1 N–H and O–H groups in total. The normalized spacial score (nSPS) is 10.9. The minimum Gasteiger partial charge on any atom is -0.469 e. The molecule has 0 unspecified atom stereocenters. The summed E-state index contributed by atoms with van der Waals surface area (Å²) in [5.41, 5.74) is 4.59. The quantitative estimate of drug-likeness (QED) is 0.522. The van der Waals surface area contributed by atoms with E-state index in [0.717, 1.165) is 5.39 Å². The maximum absolute atomic E-state index is 12.0. The molecule has 0 amide bonds. The molecule has 2 aromatic heterocycles. The Morgan fingerprint density at radius 1 is 1.41 bits per heavy atom. The number of carbonyl (C=O) groups is 1. The SMILES string of the molecule is COC(=O)Cc1cc2c(C#C[Si](C)(C)C)nccc2[nH]c1=O. The third-order valence-corrected chi connectivity index (χ3v) is 3.84. The van der Waals surface area contributed by atoms with Crippen molar-refractivity contribution in [2.45, 2.75) is 26.1 Å². The van der Waals surface area contributed by atoms with Crippen LogP contribution in [0.15, 0.2) is 23.1 Å². The molecule has 2 aromatic rings. The van der Waals surface area contributed by atoms with Crippen LogP contribution in [0.4, 0.5) is 0 Å². The molecule has 114 valence electrons. The third kappa shape index (κ3) is 3.83. The molecule has 0 bridgehead atoms. The summed E-state index contributed by atoms with van der Waals surface area (Å²) >= 11 is 0. The van der Waals surface area contributed by atoms with Gasteiger partial charge in [-0.2, -0.15) is 0 Å². The summed E-state index contributed by atoms with van der Waals surface area (Å²) in [4.78, 5) is 30.5. The fourth-order valence-corrected chi connectivity index (χ4v) is 2.37. The van der Waals surface area contributed by atoms with Crippen molar-refractivity contribution in [2.75, 3.05) is 7.11 Å². The lowest BCUT2D eigenvalue weighted by atomic mass is 10.1. The van der Waals surface area contributed by atoms with E-state index in [-0.39, 0.29) is 12.0 Å². The van der Waals surface area contributed by atoms with Crippen molar-refractivity contribution < 1.29 is 9.53 Å². The van der Waals surface area contributed by atoms with Crippen molar-refractivity contribution in [2.24, 2.45) is 0 Å². The molecule has 6 heteroatoms. The smallest absolute Gasteiger partial charge is 0.310 e. The predicted molar refractivity (Wildman–Crippen MR) is 88.3 cm³/mol. The largest absolute Gasteiger partial charge is 0.469 e. The second-order valence-corrected chi connectivity index (χ2v) is 10.7. The van der Waals surface area contributed by atoms with E-state index in [2.05, 4.69) is 45.8 Å². The predicted octanol–water partition coefficient (Wildman–Crippen LogP) is 1.87. The number of rotatable bonds is 2. The molecule has 0 aliphatic rings. The topological polar surface area (TPSA) is 72.0 Å². The van der Waals surface area contributed by atoms with Gasteiger partial charge in [0.15, 0.2) is 0 Å². The van der Waals surface area contributed by atoms with Gasteiger partial charge in [-0.15, -0.1) is 5.54 Å². The average Bonchev–Trinajstić information content (AvgIpc) is 2.45. The zero-order valence-corrected chi connectivity index (χ0v) is 14.1. The Morgan fingerprint density at radius 3 is 2.77 bits per heavy atom. The number of ether oxygens (including phenoxy) is 1. The second-order valence-electron chi connectivity index (χ2n) is 6.00. The van der Waals surface area contributed by atoms with Crippen LogP contribution >= 0.6 is 0 Å². The first-order valence-electron chi connectivity index (χ1n) is 6.91. The molecule has 0 fully saturated rings. The first-order chi connectivity index (χ1) is 10.3. The highest BCUT2D eigenvalue weighted by molar-refractivity contribution is 6.83. The van der Waals surface area contributed by atoms with Gasteiger partial charge in [0.2, 0.25) is 0 Å². The maximum atomic E-state index is 12.0. The zero-order valence-electron chi connectivity index (χ0n) is 13.1. The van der Waals surface area contributed by atoms with Crippen LogP contribution in [0.2, 0.25) is 19.6 Å². The number of H-pyrrole nitrogens is 1. The van der Waals surface area contributed by atoms with Gasteiger partial charge in [0.1, 0.15) is 13.8 Å². The van der Waals surface area contributed by atoms with E-state index < -0.39 is 14.0 Å². The molecule has 0 radical (unpaired) electrons. The lowest BCUT2D eigenvalue weighted by molar-refractivity contribution is -0.139. The van der Waals surface area contributed by atoms with E-state index in [1.165, 1.54) is 7.11 Å². The summed E-state index contributed by atoms with van der Waals surface area (Å²) in [6.45, 7) is 6.45. The molecule has 0 aliphatic carbocycles. The van der Waals surface area contributed by atoms with Crippen molar-refractivity contribution in [1.29, 1.82) is 0 Å². The first kappa shape index (κ1) is 16.0. The summed E-state index contributed by atoms with van der Waals surface area (Å²) in [6, 6.07) is 3.39. The van der Waals surface area contributed by atoms with Crippen LogP contribution in [0.5, 0.6) is 0 Å². The molecule has 0 aromatic carbocycles. The van der Waals surface area contributed by atoms with E-state index in [1.807, 2.05) is 0 Å². The molecule has 0 aliphatic heterocycles. The van der Waals surface area contributed by atoms with Crippen LogP contribution in [-0.2, 0) is 16.0 Å². The van der Waals surface area contributed by atoms with Gasteiger partial charge < -0.3 is 9.72 Å². The van der Waals surface area contributed by atoms with Crippen LogP contribution in [-0.4, -0.2) is 31.1 Å². The molecule has 2 heterocycles. The molecular formula is C16H18N2O3Si. The minimum atomic E-state index is -1.53. The number of nitrogens with zero attached hydrogens (tertiary/aromatic N) is 1. The lowest BCUT2D eigenvalue weighted by Crippen LogP contribution is -2.18. The van der Waals surface area contributed by atoms with Crippen molar-refractivity contribution in [1.82, 2.24) is 9.97 Å². The number of fused-ring (bicyclic) bond motifs is 1. The Morgan fingerprint density at radius 2 is 2.14 bits per heavy atom. The van der Waals surface area contributed by atoms with Crippen LogP contribution in [0.3, 0.4) is 0 Å². The van der Waals surface area contributed by atoms with Crippen LogP contribution < -0.4 is 5.56 Å². The van der Waals surface area contributed by atoms with Gasteiger partial charge in [-0.3, -0.25) is 9.59 Å². The molecule has 22 heavy (non-hydrogen) atoms. The lowest BCUT2D eigenvalue weighted by Gasteiger charge is -2.06. The summed E-state index contributed by atoms with van der Waals surface area (Å²) in [5, 5.41) is 0.742. The number of aromatic amines is 1. The number of hydrogen-bond acceptors (Lipinski definition) is 4. The van der Waals surface area contributed by atoms with E-state index in [4.69, 9.17) is 0 Å². The highest BCUT2D eigenvalue weighted by atomic mass is 28.3. The molecular weight excluding hydrogens is 296 g/mol. The Bertz CT molecular complexity index is 838. The molecule has 5 nitrogen and oxygen atoms in total. The van der Waals surface area contributed by atoms with Gasteiger partial charge in [0, 0.05) is 17.1 Å². The molecule has 0 saturated carbocycles. The Hall–Kier alpha value is -2.39. The van der Waals surface area contributed by atoms with E-state index in [1.54, 1.807) is 18.3 Å². The highest BCUT2D eigenvalue weighted by Gasteiger charge is 2.12. The number of methoxy groups -OCH3 is 1. The van der Waals surface area contributed by atoms with Gasteiger partial charge in [-0.1, -0.05) is 25.6 Å². The molecule has 2 rings (SSSR count).